The van der Waals surface area contributed by atoms with Gasteiger partial charge in [-0.1, -0.05) is 6.92 Å². The Hall–Kier alpha value is -0.120. The zero-order chi connectivity index (χ0) is 7.11. The predicted molar refractivity (Wildman–Crippen MR) is 35.9 cm³/mol. The second kappa shape index (κ2) is 6.01. The van der Waals surface area contributed by atoms with Crippen LogP contribution in [0.1, 0.15) is 20.3 Å². The minimum absolute atomic E-state index is 0.281. The van der Waals surface area contributed by atoms with E-state index in [1.807, 2.05) is 13.8 Å². The number of hydrogen-bond acceptors (Lipinski definition) is 3. The van der Waals surface area contributed by atoms with Crippen LogP contribution in [0, 0.1) is 0 Å². The summed E-state index contributed by atoms with van der Waals surface area (Å²) in [5.74, 6) is 0. The number of rotatable bonds is 5. The highest BCUT2D eigenvalue weighted by Crippen LogP contribution is 1.85. The maximum absolute atomic E-state index is 8.94. The van der Waals surface area contributed by atoms with Gasteiger partial charge in [-0.05, 0) is 13.3 Å². The van der Waals surface area contributed by atoms with E-state index in [4.69, 9.17) is 9.94 Å². The van der Waals surface area contributed by atoms with E-state index in [9.17, 15) is 0 Å². The van der Waals surface area contributed by atoms with Gasteiger partial charge in [0.2, 0.25) is 0 Å². The maximum atomic E-state index is 8.94. The van der Waals surface area contributed by atoms with Crippen molar-refractivity contribution < 1.29 is 9.94 Å². The Morgan fingerprint density at radius 1 is 1.56 bits per heavy atom. The van der Waals surface area contributed by atoms with Crippen molar-refractivity contribution >= 4 is 0 Å². The second-order valence-corrected chi connectivity index (χ2v) is 1.84. The highest BCUT2D eigenvalue weighted by atomic mass is 16.6. The van der Waals surface area contributed by atoms with Crippen LogP contribution in [0.4, 0.5) is 0 Å². The zero-order valence-corrected chi connectivity index (χ0v) is 6.05. The summed E-state index contributed by atoms with van der Waals surface area (Å²) in [7, 11) is 0. The number of aliphatic hydroxyl groups excluding tert-OH is 1. The van der Waals surface area contributed by atoms with Crippen molar-refractivity contribution in [3.8, 4) is 0 Å². The van der Waals surface area contributed by atoms with Crippen LogP contribution in [0.5, 0.6) is 0 Å². The molecule has 3 nitrogen and oxygen atoms in total. The lowest BCUT2D eigenvalue weighted by molar-refractivity contribution is 0.0206. The highest BCUT2D eigenvalue weighted by molar-refractivity contribution is 4.50. The summed E-state index contributed by atoms with van der Waals surface area (Å²) in [6.07, 6.45) is 0.483. The third-order valence-corrected chi connectivity index (χ3v) is 1.04. The monoisotopic (exact) mass is 133 g/mol. The Morgan fingerprint density at radius 2 is 2.22 bits per heavy atom. The molecule has 0 aliphatic carbocycles. The molecule has 0 heterocycles. The Bertz CT molecular complexity index is 59.0. The van der Waals surface area contributed by atoms with E-state index < -0.39 is 0 Å². The smallest absolute Gasteiger partial charge is 0.0685 e. The topological polar surface area (TPSA) is 41.5 Å². The summed E-state index contributed by atoms with van der Waals surface area (Å²) < 4.78 is 0. The molecular formula is C6H15NO2. The molecule has 3 heteroatoms. The Kier molecular flexibility index (Phi) is 5.93. The summed E-state index contributed by atoms with van der Waals surface area (Å²) in [5, 5.41) is 8.94. The lowest BCUT2D eigenvalue weighted by Crippen LogP contribution is -2.26. The van der Waals surface area contributed by atoms with Crippen LogP contribution < -0.4 is 5.48 Å². The lowest BCUT2D eigenvalue weighted by Gasteiger charge is -2.07. The van der Waals surface area contributed by atoms with Crippen molar-refractivity contribution in [2.24, 2.45) is 0 Å². The van der Waals surface area contributed by atoms with Gasteiger partial charge in [-0.3, -0.25) is 0 Å². The summed E-state index contributed by atoms with van der Waals surface area (Å²) in [6.45, 7) is 4.98. The van der Waals surface area contributed by atoms with Gasteiger partial charge in [0.15, 0.2) is 0 Å². The van der Waals surface area contributed by atoms with E-state index in [0.717, 1.165) is 6.42 Å². The first-order valence-corrected chi connectivity index (χ1v) is 3.34. The molecule has 0 amide bonds. The molecule has 0 spiro atoms. The summed E-state index contributed by atoms with van der Waals surface area (Å²) in [6, 6.07) is 0. The second-order valence-electron chi connectivity index (χ2n) is 1.84. The average molecular weight is 133 g/mol. The molecule has 9 heavy (non-hydrogen) atoms. The Balaban J connectivity index is 2.88. The van der Waals surface area contributed by atoms with Crippen LogP contribution in [-0.4, -0.2) is 24.4 Å². The van der Waals surface area contributed by atoms with Gasteiger partial charge >= 0.3 is 0 Å². The van der Waals surface area contributed by atoms with Crippen molar-refractivity contribution in [3.63, 3.8) is 0 Å². The summed E-state index contributed by atoms with van der Waals surface area (Å²) in [5.41, 5.74) is 2.64. The van der Waals surface area contributed by atoms with Crippen LogP contribution >= 0.6 is 0 Å². The molecule has 0 rings (SSSR count). The fraction of sp³-hybridized carbons (Fsp3) is 1.00. The van der Waals surface area contributed by atoms with Crippen LogP contribution in [0.25, 0.3) is 0 Å². The molecule has 0 aliphatic rings. The first kappa shape index (κ1) is 8.88. The third kappa shape index (κ3) is 5.76. The fourth-order valence-electron chi connectivity index (χ4n) is 0.402. The first-order chi connectivity index (χ1) is 4.31. The molecule has 56 valence electrons. The van der Waals surface area contributed by atoms with E-state index in [0.29, 0.717) is 13.2 Å². The SMILES string of the molecule is CCONC[C@H](O)CC. The van der Waals surface area contributed by atoms with Gasteiger partial charge < -0.3 is 9.94 Å². The van der Waals surface area contributed by atoms with E-state index in [2.05, 4.69) is 5.48 Å². The normalized spacial score (nSPS) is 13.7. The van der Waals surface area contributed by atoms with E-state index in [1.165, 1.54) is 0 Å². The molecule has 0 aromatic rings. The first-order valence-electron chi connectivity index (χ1n) is 3.34. The van der Waals surface area contributed by atoms with Crippen LogP contribution in [-0.2, 0) is 4.84 Å². The van der Waals surface area contributed by atoms with Crippen LogP contribution in [0.15, 0.2) is 0 Å². The molecule has 0 unspecified atom stereocenters. The van der Waals surface area contributed by atoms with Crippen molar-refractivity contribution in [2.75, 3.05) is 13.2 Å². The third-order valence-electron chi connectivity index (χ3n) is 1.04. The number of aliphatic hydroxyl groups is 1. The molecule has 0 aromatic carbocycles. The van der Waals surface area contributed by atoms with Crippen molar-refractivity contribution in [2.45, 2.75) is 26.4 Å². The number of hydroxylamine groups is 1. The lowest BCUT2D eigenvalue weighted by atomic mass is 10.3. The largest absolute Gasteiger partial charge is 0.392 e. The van der Waals surface area contributed by atoms with Gasteiger partial charge in [-0.2, -0.15) is 5.48 Å². The molecule has 1 atom stereocenters. The molecule has 0 fully saturated rings. The number of hydrogen-bond donors (Lipinski definition) is 2. The molecule has 0 aliphatic heterocycles. The van der Waals surface area contributed by atoms with Crippen molar-refractivity contribution in [1.82, 2.24) is 5.48 Å². The predicted octanol–water partition coefficient (Wildman–Crippen LogP) is 0.298. The Labute approximate surface area is 56.0 Å². The zero-order valence-electron chi connectivity index (χ0n) is 6.05. The maximum Gasteiger partial charge on any atom is 0.0685 e. The molecule has 0 saturated heterocycles. The van der Waals surface area contributed by atoms with Gasteiger partial charge in [-0.15, -0.1) is 0 Å². The molecule has 0 aromatic heterocycles. The van der Waals surface area contributed by atoms with Crippen molar-refractivity contribution in [3.05, 3.63) is 0 Å². The van der Waals surface area contributed by atoms with Crippen LogP contribution in [0.2, 0.25) is 0 Å². The molecule has 0 bridgehead atoms. The Morgan fingerprint density at radius 3 is 2.67 bits per heavy atom. The van der Waals surface area contributed by atoms with Gasteiger partial charge in [0.25, 0.3) is 0 Å². The van der Waals surface area contributed by atoms with E-state index in [1.54, 1.807) is 0 Å². The summed E-state index contributed by atoms with van der Waals surface area (Å²) >= 11 is 0. The van der Waals surface area contributed by atoms with Gasteiger partial charge in [-0.25, -0.2) is 0 Å². The fourth-order valence-corrected chi connectivity index (χ4v) is 0.402. The molecule has 0 saturated carbocycles. The van der Waals surface area contributed by atoms with Gasteiger partial charge in [0, 0.05) is 6.54 Å². The van der Waals surface area contributed by atoms with Crippen molar-refractivity contribution in [1.29, 1.82) is 0 Å². The molecule has 0 radical (unpaired) electrons. The minimum Gasteiger partial charge on any atom is -0.392 e. The van der Waals surface area contributed by atoms with Gasteiger partial charge in [0.05, 0.1) is 12.7 Å². The van der Waals surface area contributed by atoms with Gasteiger partial charge in [0.1, 0.15) is 0 Å². The highest BCUT2D eigenvalue weighted by Gasteiger charge is 1.96. The minimum atomic E-state index is -0.281. The summed E-state index contributed by atoms with van der Waals surface area (Å²) in [4.78, 5) is 4.80. The van der Waals surface area contributed by atoms with E-state index >= 15 is 0 Å². The quantitative estimate of drug-likeness (QED) is 0.418. The average Bonchev–Trinajstić information content (AvgIpc) is 1.89. The standard InChI is InChI=1S/C6H15NO2/c1-3-6(8)5-7-9-4-2/h6-8H,3-5H2,1-2H3/t6-/m1/s1. The molecule has 2 N–H and O–H groups in total. The number of nitrogens with one attached hydrogen (secondary N) is 1. The molecular weight excluding hydrogens is 118 g/mol. The van der Waals surface area contributed by atoms with Crippen LogP contribution in [0.3, 0.4) is 0 Å². The van der Waals surface area contributed by atoms with E-state index in [-0.39, 0.29) is 6.10 Å².